The molecular weight excluding hydrogens is 317 g/mol. The molecule has 1 aromatic carbocycles. The number of ketones is 1. The second-order valence-corrected chi connectivity index (χ2v) is 5.40. The van der Waals surface area contributed by atoms with Crippen LogP contribution in [0.2, 0.25) is 0 Å². The van der Waals surface area contributed by atoms with Crippen molar-refractivity contribution in [3.8, 4) is 0 Å². The van der Waals surface area contributed by atoms with Crippen LogP contribution in [-0.4, -0.2) is 21.9 Å². The van der Waals surface area contributed by atoms with E-state index < -0.39 is 17.7 Å². The third kappa shape index (κ3) is 3.01. The van der Waals surface area contributed by atoms with Gasteiger partial charge < -0.3 is 9.40 Å². The number of hydrogen-bond donors (Lipinski definition) is 1. The number of thioether (sulfide) groups is 1. The molecule has 114 valence electrons. The molecule has 0 aliphatic heterocycles. The molecule has 1 N–H and O–H groups in total. The van der Waals surface area contributed by atoms with Crippen LogP contribution in [0.4, 0.5) is 13.2 Å². The number of nitrogens with one attached hydrogen (secondary N) is 1. The lowest BCUT2D eigenvalue weighted by molar-refractivity contribution is -0.0899. The number of carbonyl (C=O) groups excluding carboxylic acids is 1. The minimum Gasteiger partial charge on any atom is -0.457 e. The van der Waals surface area contributed by atoms with E-state index in [9.17, 15) is 18.0 Å². The van der Waals surface area contributed by atoms with Crippen LogP contribution in [0, 0.1) is 0 Å². The Balaban J connectivity index is 1.69. The van der Waals surface area contributed by atoms with E-state index in [1.165, 1.54) is 17.8 Å². The molecule has 0 saturated heterocycles. The van der Waals surface area contributed by atoms with Crippen LogP contribution in [0.25, 0.3) is 11.0 Å². The molecule has 0 fully saturated rings. The van der Waals surface area contributed by atoms with Crippen LogP contribution >= 0.6 is 11.8 Å². The third-order valence-corrected chi connectivity index (χ3v) is 3.76. The molecule has 2 aromatic heterocycles. The molecule has 0 atom stereocenters. The number of aromatic amines is 1. The Hall–Kier alpha value is -2.22. The number of aromatic nitrogens is 2. The molecule has 0 unspecified atom stereocenters. The molecule has 2 heterocycles. The van der Waals surface area contributed by atoms with Crippen molar-refractivity contribution in [2.24, 2.45) is 0 Å². The fourth-order valence-corrected chi connectivity index (χ4v) is 2.63. The van der Waals surface area contributed by atoms with Gasteiger partial charge in [-0.1, -0.05) is 23.9 Å². The van der Waals surface area contributed by atoms with Gasteiger partial charge in [0.25, 0.3) is 0 Å². The highest BCUT2D eigenvalue weighted by Crippen LogP contribution is 2.26. The number of H-pyrrole nitrogens is 1. The van der Waals surface area contributed by atoms with Crippen molar-refractivity contribution in [2.45, 2.75) is 17.1 Å². The first kappa shape index (κ1) is 14.7. The molecule has 0 saturated carbocycles. The van der Waals surface area contributed by atoms with Gasteiger partial charge in [-0.25, -0.2) is 4.98 Å². The number of benzene rings is 1. The van der Waals surface area contributed by atoms with Crippen molar-refractivity contribution in [3.05, 3.63) is 47.9 Å². The van der Waals surface area contributed by atoms with Gasteiger partial charge in [-0.15, -0.1) is 0 Å². The second kappa shape index (κ2) is 5.53. The predicted molar refractivity (Wildman–Crippen MR) is 74.7 cm³/mol. The number of rotatable bonds is 4. The predicted octanol–water partition coefficient (Wildman–Crippen LogP) is 4.19. The third-order valence-electron chi connectivity index (χ3n) is 2.86. The maximum atomic E-state index is 12.3. The molecular formula is C14H9F3N2O2S. The van der Waals surface area contributed by atoms with E-state index in [1.807, 2.05) is 24.3 Å². The lowest BCUT2D eigenvalue weighted by Gasteiger charge is -2.01. The van der Waals surface area contributed by atoms with Crippen LogP contribution in [0.15, 0.2) is 46.0 Å². The Morgan fingerprint density at radius 1 is 1.23 bits per heavy atom. The van der Waals surface area contributed by atoms with Gasteiger partial charge in [0.05, 0.1) is 16.8 Å². The average molecular weight is 326 g/mol. The second-order valence-electron chi connectivity index (χ2n) is 4.44. The number of furan rings is 1. The average Bonchev–Trinajstić information content (AvgIpc) is 3.09. The Kier molecular flexibility index (Phi) is 3.69. The van der Waals surface area contributed by atoms with E-state index in [1.54, 1.807) is 0 Å². The monoisotopic (exact) mass is 326 g/mol. The molecule has 3 aromatic rings. The van der Waals surface area contributed by atoms with Crippen LogP contribution in [0.5, 0.6) is 0 Å². The van der Waals surface area contributed by atoms with Crippen molar-refractivity contribution in [3.63, 3.8) is 0 Å². The van der Waals surface area contributed by atoms with E-state index in [4.69, 9.17) is 4.42 Å². The summed E-state index contributed by atoms with van der Waals surface area (Å²) in [6.45, 7) is 0. The van der Waals surface area contributed by atoms with E-state index in [0.29, 0.717) is 5.16 Å². The number of imidazole rings is 1. The molecule has 0 amide bonds. The highest BCUT2D eigenvalue weighted by atomic mass is 32.2. The van der Waals surface area contributed by atoms with Gasteiger partial charge >= 0.3 is 12.0 Å². The van der Waals surface area contributed by atoms with Gasteiger partial charge in [-0.3, -0.25) is 4.79 Å². The van der Waals surface area contributed by atoms with Crippen molar-refractivity contribution >= 4 is 28.6 Å². The Morgan fingerprint density at radius 3 is 2.73 bits per heavy atom. The molecule has 3 rings (SSSR count). The number of carbonyl (C=O) groups is 1. The van der Waals surface area contributed by atoms with Crippen LogP contribution in [0.3, 0.4) is 0 Å². The van der Waals surface area contributed by atoms with E-state index >= 15 is 0 Å². The lowest BCUT2D eigenvalue weighted by atomic mass is 10.3. The summed E-state index contributed by atoms with van der Waals surface area (Å²) in [5.74, 6) is -2.14. The fourth-order valence-electron chi connectivity index (χ4n) is 1.85. The van der Waals surface area contributed by atoms with Crippen LogP contribution in [-0.2, 0) is 5.75 Å². The van der Waals surface area contributed by atoms with Crippen LogP contribution < -0.4 is 0 Å². The first-order valence-electron chi connectivity index (χ1n) is 6.21. The summed E-state index contributed by atoms with van der Waals surface area (Å²) in [4.78, 5) is 18.4. The molecule has 22 heavy (non-hydrogen) atoms. The van der Waals surface area contributed by atoms with E-state index in [2.05, 4.69) is 9.97 Å². The SMILES string of the molecule is O=C(c1ccc(CSc2nc3ccccc3[nH]2)o1)C(F)(F)F. The minimum absolute atomic E-state index is 0.269. The van der Waals surface area contributed by atoms with Crippen molar-refractivity contribution < 1.29 is 22.4 Å². The molecule has 4 nitrogen and oxygen atoms in total. The van der Waals surface area contributed by atoms with Crippen molar-refractivity contribution in [2.75, 3.05) is 0 Å². The first-order chi connectivity index (χ1) is 10.4. The number of Topliss-reactive ketones (excluding diaryl/α,β-unsaturated/α-hetero) is 1. The van der Waals surface area contributed by atoms with Crippen molar-refractivity contribution in [1.82, 2.24) is 9.97 Å². The largest absolute Gasteiger partial charge is 0.458 e. The molecule has 0 aliphatic rings. The summed E-state index contributed by atoms with van der Waals surface area (Å²) >= 11 is 1.28. The Morgan fingerprint density at radius 2 is 2.00 bits per heavy atom. The number of para-hydroxylation sites is 2. The number of alkyl halides is 3. The zero-order valence-corrected chi connectivity index (χ0v) is 11.8. The van der Waals surface area contributed by atoms with Gasteiger partial charge in [0.15, 0.2) is 10.9 Å². The fraction of sp³-hybridized carbons (Fsp3) is 0.143. The summed E-state index contributed by atoms with van der Waals surface area (Å²) in [7, 11) is 0. The summed E-state index contributed by atoms with van der Waals surface area (Å²) < 4.78 is 41.8. The van der Waals surface area contributed by atoms with E-state index in [-0.39, 0.29) is 11.5 Å². The number of hydrogen-bond acceptors (Lipinski definition) is 4. The van der Waals surface area contributed by atoms with Crippen LogP contribution in [0.1, 0.15) is 16.3 Å². The minimum atomic E-state index is -4.93. The van der Waals surface area contributed by atoms with Crippen molar-refractivity contribution in [1.29, 1.82) is 0 Å². The summed E-state index contributed by atoms with van der Waals surface area (Å²) in [6.07, 6.45) is -4.93. The maximum absolute atomic E-state index is 12.3. The zero-order chi connectivity index (χ0) is 15.7. The van der Waals surface area contributed by atoms with Gasteiger partial charge in [-0.2, -0.15) is 13.2 Å². The first-order valence-corrected chi connectivity index (χ1v) is 7.20. The highest BCUT2D eigenvalue weighted by molar-refractivity contribution is 7.98. The Labute approximate surface area is 126 Å². The molecule has 0 spiro atoms. The van der Waals surface area contributed by atoms with Gasteiger partial charge in [-0.05, 0) is 24.3 Å². The Bertz CT molecular complexity index is 790. The molecule has 8 heteroatoms. The molecule has 0 bridgehead atoms. The quantitative estimate of drug-likeness (QED) is 0.577. The summed E-state index contributed by atoms with van der Waals surface area (Å²) in [6, 6.07) is 9.84. The smallest absolute Gasteiger partial charge is 0.457 e. The molecule has 0 aliphatic carbocycles. The summed E-state index contributed by atoms with van der Waals surface area (Å²) in [5.41, 5.74) is 1.68. The lowest BCUT2D eigenvalue weighted by Crippen LogP contribution is -2.22. The van der Waals surface area contributed by atoms with Gasteiger partial charge in [0, 0.05) is 0 Å². The summed E-state index contributed by atoms with van der Waals surface area (Å²) in [5, 5.41) is 0.626. The normalized spacial score (nSPS) is 12.0. The standard InChI is InChI=1S/C14H9F3N2O2S/c15-14(16,17)12(20)11-6-5-8(21-11)7-22-13-18-9-3-1-2-4-10(9)19-13/h1-6H,7H2,(H,18,19). The topological polar surface area (TPSA) is 58.9 Å². The molecule has 0 radical (unpaired) electrons. The van der Waals surface area contributed by atoms with E-state index in [0.717, 1.165) is 17.1 Å². The number of halogens is 3. The number of nitrogens with zero attached hydrogens (tertiary/aromatic N) is 1. The van der Waals surface area contributed by atoms with Gasteiger partial charge in [0.1, 0.15) is 5.76 Å². The van der Waals surface area contributed by atoms with Gasteiger partial charge in [0.2, 0.25) is 0 Å². The highest BCUT2D eigenvalue weighted by Gasteiger charge is 2.41. The zero-order valence-electron chi connectivity index (χ0n) is 11.0. The maximum Gasteiger partial charge on any atom is 0.458 e. The number of fused-ring (bicyclic) bond motifs is 1.